The average molecular weight is 451 g/mol. The van der Waals surface area contributed by atoms with E-state index in [4.69, 9.17) is 4.74 Å². The van der Waals surface area contributed by atoms with Gasteiger partial charge in [0, 0.05) is 26.2 Å². The molecule has 3 aromatic rings. The van der Waals surface area contributed by atoms with Crippen molar-refractivity contribution in [3.05, 3.63) is 101 Å². The Morgan fingerprint density at radius 1 is 0.844 bits per heavy atom. The Hall–Kier alpha value is -2.82. The van der Waals surface area contributed by atoms with Gasteiger partial charge >= 0.3 is 0 Å². The van der Waals surface area contributed by atoms with E-state index in [1.807, 2.05) is 30.9 Å². The largest absolute Gasteiger partial charge is 0.483 e. The fraction of sp³-hybridized carbons (Fsp3) is 0.296. The molecule has 1 aliphatic rings. The number of hydrogen-bond donors (Lipinski definition) is 0. The quantitative estimate of drug-likeness (QED) is 0.527. The summed E-state index contributed by atoms with van der Waals surface area (Å²) in [7, 11) is 0. The molecule has 168 valence electrons. The van der Waals surface area contributed by atoms with Gasteiger partial charge in [0.2, 0.25) is 0 Å². The third-order valence-corrected chi connectivity index (χ3v) is 5.96. The van der Waals surface area contributed by atoms with Crippen LogP contribution in [-0.4, -0.2) is 48.5 Å². The number of amides is 1. The maximum Gasteiger partial charge on any atom is 0.260 e. The maximum atomic E-state index is 12.8. The Labute approximate surface area is 197 Å². The summed E-state index contributed by atoms with van der Waals surface area (Å²) in [5, 5.41) is 0. The minimum absolute atomic E-state index is 0. The molecule has 0 bridgehead atoms. The van der Waals surface area contributed by atoms with Gasteiger partial charge in [0.05, 0.1) is 6.04 Å². The molecule has 0 aromatic heterocycles. The number of ether oxygens (including phenoxy) is 1. The Morgan fingerprint density at radius 2 is 1.41 bits per heavy atom. The molecule has 4 nitrogen and oxygen atoms in total. The Balaban J connectivity index is 0.00000289. The molecule has 3 aromatic carbocycles. The number of carbonyl (C=O) groups excluding carboxylic acids is 1. The van der Waals surface area contributed by atoms with Gasteiger partial charge in [0.15, 0.2) is 6.61 Å². The molecule has 0 atom stereocenters. The van der Waals surface area contributed by atoms with Crippen molar-refractivity contribution in [2.24, 2.45) is 0 Å². The van der Waals surface area contributed by atoms with Crippen LogP contribution < -0.4 is 4.74 Å². The Kier molecular flexibility index (Phi) is 8.32. The summed E-state index contributed by atoms with van der Waals surface area (Å²) in [4.78, 5) is 17.2. The molecule has 0 unspecified atom stereocenters. The summed E-state index contributed by atoms with van der Waals surface area (Å²) in [6, 6.07) is 27.5. The highest BCUT2D eigenvalue weighted by atomic mass is 35.5. The van der Waals surface area contributed by atoms with Crippen LogP contribution in [0.3, 0.4) is 0 Å². The number of benzene rings is 3. The smallest absolute Gasteiger partial charge is 0.260 e. The summed E-state index contributed by atoms with van der Waals surface area (Å²) in [5.41, 5.74) is 4.75. The van der Waals surface area contributed by atoms with Crippen LogP contribution >= 0.6 is 12.4 Å². The van der Waals surface area contributed by atoms with Crippen LogP contribution in [0.15, 0.2) is 78.9 Å². The second kappa shape index (κ2) is 11.2. The van der Waals surface area contributed by atoms with Crippen LogP contribution in [0, 0.1) is 13.8 Å². The maximum absolute atomic E-state index is 12.8. The molecular formula is C27H31ClN2O2. The summed E-state index contributed by atoms with van der Waals surface area (Å²) >= 11 is 0. The molecule has 1 heterocycles. The lowest BCUT2D eigenvalue weighted by Gasteiger charge is -2.39. The molecule has 5 heteroatoms. The van der Waals surface area contributed by atoms with Gasteiger partial charge in [-0.3, -0.25) is 9.69 Å². The molecule has 0 saturated carbocycles. The molecule has 0 N–H and O–H groups in total. The van der Waals surface area contributed by atoms with E-state index in [0.29, 0.717) is 13.1 Å². The third kappa shape index (κ3) is 5.70. The van der Waals surface area contributed by atoms with Gasteiger partial charge in [0.25, 0.3) is 5.91 Å². The van der Waals surface area contributed by atoms with Gasteiger partial charge in [-0.2, -0.15) is 0 Å². The molecule has 1 saturated heterocycles. The van der Waals surface area contributed by atoms with Gasteiger partial charge in [-0.1, -0.05) is 72.8 Å². The number of aryl methyl sites for hydroxylation is 2. The Bertz CT molecular complexity index is 963. The highest BCUT2D eigenvalue weighted by molar-refractivity contribution is 5.85. The van der Waals surface area contributed by atoms with Crippen molar-refractivity contribution in [3.63, 3.8) is 0 Å². The molecule has 4 rings (SSSR count). The molecule has 1 aliphatic heterocycles. The van der Waals surface area contributed by atoms with Crippen molar-refractivity contribution in [1.29, 1.82) is 0 Å². The zero-order valence-corrected chi connectivity index (χ0v) is 19.6. The van der Waals surface area contributed by atoms with E-state index in [1.54, 1.807) is 0 Å². The van der Waals surface area contributed by atoms with Crippen LogP contribution in [0.1, 0.15) is 28.3 Å². The number of hydrogen-bond acceptors (Lipinski definition) is 3. The van der Waals surface area contributed by atoms with Gasteiger partial charge in [-0.25, -0.2) is 0 Å². The first-order chi connectivity index (χ1) is 15.1. The number of carbonyl (C=O) groups is 1. The van der Waals surface area contributed by atoms with E-state index < -0.39 is 0 Å². The standard InChI is InChI=1S/C27H30N2O2.ClH/c1-21-13-14-22(2)25(19-21)31-20-26(30)28-15-17-29(18-16-28)27(23-9-5-3-6-10-23)24-11-7-4-8-12-24;/h3-14,19,27H,15-18,20H2,1-2H3;1H. The second-order valence-corrected chi connectivity index (χ2v) is 8.20. The second-order valence-electron chi connectivity index (χ2n) is 8.20. The van der Waals surface area contributed by atoms with E-state index in [1.165, 1.54) is 11.1 Å². The van der Waals surface area contributed by atoms with Gasteiger partial charge < -0.3 is 9.64 Å². The molecule has 1 amide bonds. The van der Waals surface area contributed by atoms with Crippen LogP contribution in [0.5, 0.6) is 5.75 Å². The average Bonchev–Trinajstić information content (AvgIpc) is 2.81. The molecule has 32 heavy (non-hydrogen) atoms. The number of halogens is 1. The van der Waals surface area contributed by atoms with Crippen LogP contribution in [-0.2, 0) is 4.79 Å². The van der Waals surface area contributed by atoms with E-state index >= 15 is 0 Å². The molecule has 0 spiro atoms. The first-order valence-electron chi connectivity index (χ1n) is 10.9. The fourth-order valence-corrected chi connectivity index (χ4v) is 4.21. The van der Waals surface area contributed by atoms with Crippen molar-refractivity contribution in [2.75, 3.05) is 32.8 Å². The van der Waals surface area contributed by atoms with E-state index in [9.17, 15) is 4.79 Å². The van der Waals surface area contributed by atoms with Crippen molar-refractivity contribution in [1.82, 2.24) is 9.80 Å². The monoisotopic (exact) mass is 450 g/mol. The minimum Gasteiger partial charge on any atom is -0.483 e. The van der Waals surface area contributed by atoms with Gasteiger partial charge in [-0.15, -0.1) is 12.4 Å². The van der Waals surface area contributed by atoms with Crippen LogP contribution in [0.25, 0.3) is 0 Å². The Morgan fingerprint density at radius 3 is 1.97 bits per heavy atom. The van der Waals surface area contributed by atoms with Crippen LogP contribution in [0.4, 0.5) is 0 Å². The van der Waals surface area contributed by atoms with Gasteiger partial charge in [-0.05, 0) is 42.2 Å². The van der Waals surface area contributed by atoms with Crippen molar-refractivity contribution in [3.8, 4) is 5.75 Å². The molecule has 0 aliphatic carbocycles. The summed E-state index contributed by atoms with van der Waals surface area (Å²) in [6.45, 7) is 7.23. The first-order valence-corrected chi connectivity index (χ1v) is 10.9. The zero-order valence-electron chi connectivity index (χ0n) is 18.7. The molecule has 1 fully saturated rings. The molecular weight excluding hydrogens is 420 g/mol. The SMILES string of the molecule is Cc1ccc(C)c(OCC(=O)N2CCN(C(c3ccccc3)c3ccccc3)CC2)c1.Cl. The summed E-state index contributed by atoms with van der Waals surface area (Å²) in [6.07, 6.45) is 0. The highest BCUT2D eigenvalue weighted by Gasteiger charge is 2.28. The zero-order chi connectivity index (χ0) is 21.6. The third-order valence-electron chi connectivity index (χ3n) is 5.96. The lowest BCUT2D eigenvalue weighted by atomic mass is 9.96. The van der Waals surface area contributed by atoms with Gasteiger partial charge in [0.1, 0.15) is 5.75 Å². The van der Waals surface area contributed by atoms with Crippen molar-refractivity contribution < 1.29 is 9.53 Å². The van der Waals surface area contributed by atoms with Crippen molar-refractivity contribution >= 4 is 18.3 Å². The minimum atomic E-state index is 0. The predicted octanol–water partition coefficient (Wildman–Crippen LogP) is 5.04. The number of rotatable bonds is 6. The number of nitrogens with zero attached hydrogens (tertiary/aromatic N) is 2. The van der Waals surface area contributed by atoms with Crippen LogP contribution in [0.2, 0.25) is 0 Å². The lowest BCUT2D eigenvalue weighted by molar-refractivity contribution is -0.135. The van der Waals surface area contributed by atoms with E-state index in [2.05, 4.69) is 71.6 Å². The first kappa shape index (κ1) is 23.8. The van der Waals surface area contributed by atoms with Crippen molar-refractivity contribution in [2.45, 2.75) is 19.9 Å². The predicted molar refractivity (Wildman–Crippen MR) is 132 cm³/mol. The fourth-order valence-electron chi connectivity index (χ4n) is 4.21. The summed E-state index contributed by atoms with van der Waals surface area (Å²) in [5.74, 6) is 0.844. The molecule has 0 radical (unpaired) electrons. The lowest BCUT2D eigenvalue weighted by Crippen LogP contribution is -2.51. The topological polar surface area (TPSA) is 32.8 Å². The summed E-state index contributed by atoms with van der Waals surface area (Å²) < 4.78 is 5.84. The highest BCUT2D eigenvalue weighted by Crippen LogP contribution is 2.29. The normalized spacial score (nSPS) is 14.2. The number of piperazine rings is 1. The van der Waals surface area contributed by atoms with E-state index in [-0.39, 0.29) is 31.0 Å². The van der Waals surface area contributed by atoms with E-state index in [0.717, 1.165) is 30.0 Å².